The zero-order valence-corrected chi connectivity index (χ0v) is 13.1. The van der Waals surface area contributed by atoms with Crippen LogP contribution < -0.4 is 5.73 Å². The van der Waals surface area contributed by atoms with E-state index in [0.717, 1.165) is 9.90 Å². The Hall–Kier alpha value is -0.180. The van der Waals surface area contributed by atoms with Crippen LogP contribution in [0.25, 0.3) is 0 Å². The van der Waals surface area contributed by atoms with Crippen molar-refractivity contribution in [3.63, 3.8) is 0 Å². The maximum atomic E-state index is 11.5. The summed E-state index contributed by atoms with van der Waals surface area (Å²) >= 11 is 7.54. The summed E-state index contributed by atoms with van der Waals surface area (Å²) in [5.41, 5.74) is 5.86. The van der Waals surface area contributed by atoms with Gasteiger partial charge in [0.05, 0.1) is 17.3 Å². The van der Waals surface area contributed by atoms with Gasteiger partial charge in [0.1, 0.15) is 0 Å². The Labute approximate surface area is 123 Å². The first-order valence-electron chi connectivity index (χ1n) is 6.05. The van der Waals surface area contributed by atoms with Crippen molar-refractivity contribution in [1.82, 2.24) is 9.21 Å². The normalized spacial score (nSPS) is 20.6. The number of piperazine rings is 1. The molecule has 2 N–H and O–H groups in total. The van der Waals surface area contributed by atoms with Crippen LogP contribution in [-0.2, 0) is 10.0 Å². The molecule has 1 aromatic heterocycles. The molecule has 2 rings (SSSR count). The molecule has 0 bridgehead atoms. The quantitative estimate of drug-likeness (QED) is 0.897. The van der Waals surface area contributed by atoms with Crippen molar-refractivity contribution in [2.75, 3.05) is 39.0 Å². The van der Waals surface area contributed by atoms with E-state index < -0.39 is 10.0 Å². The van der Waals surface area contributed by atoms with Crippen molar-refractivity contribution < 1.29 is 8.42 Å². The van der Waals surface area contributed by atoms with Gasteiger partial charge in [-0.2, -0.15) is 4.31 Å². The summed E-state index contributed by atoms with van der Waals surface area (Å²) in [4.78, 5) is 3.37. The van der Waals surface area contributed by atoms with Gasteiger partial charge in [-0.05, 0) is 6.07 Å². The standard InChI is InChI=1S/C11H18ClN3O2S2/c1-19(16,17)15-4-2-14(3-5-15)10(7-13)11-6-9(12)8-18-11/h6,8,10H,2-5,7,13H2,1H3. The largest absolute Gasteiger partial charge is 0.329 e. The molecule has 1 saturated heterocycles. The number of hydrogen-bond acceptors (Lipinski definition) is 5. The zero-order valence-electron chi connectivity index (χ0n) is 10.8. The van der Waals surface area contributed by atoms with E-state index in [-0.39, 0.29) is 6.04 Å². The summed E-state index contributed by atoms with van der Waals surface area (Å²) in [5, 5.41) is 2.62. The minimum atomic E-state index is -3.09. The molecule has 0 saturated carbocycles. The van der Waals surface area contributed by atoms with Gasteiger partial charge >= 0.3 is 0 Å². The molecular formula is C11H18ClN3O2S2. The Bertz CT molecular complexity index is 524. The van der Waals surface area contributed by atoms with E-state index in [4.69, 9.17) is 17.3 Å². The summed E-state index contributed by atoms with van der Waals surface area (Å²) in [6, 6.07) is 2.06. The fourth-order valence-electron chi connectivity index (χ4n) is 2.30. The SMILES string of the molecule is CS(=O)(=O)N1CCN(C(CN)c2cc(Cl)cs2)CC1. The van der Waals surface area contributed by atoms with E-state index in [1.165, 1.54) is 10.6 Å². The second-order valence-electron chi connectivity index (χ2n) is 4.62. The van der Waals surface area contributed by atoms with Crippen molar-refractivity contribution in [1.29, 1.82) is 0 Å². The molecule has 0 radical (unpaired) electrons. The van der Waals surface area contributed by atoms with Crippen LogP contribution in [0.1, 0.15) is 10.9 Å². The molecule has 0 amide bonds. The minimum Gasteiger partial charge on any atom is -0.329 e. The summed E-state index contributed by atoms with van der Waals surface area (Å²) < 4.78 is 24.5. The fourth-order valence-corrected chi connectivity index (χ4v) is 4.35. The van der Waals surface area contributed by atoms with E-state index in [0.29, 0.717) is 32.7 Å². The van der Waals surface area contributed by atoms with Gasteiger partial charge in [0.15, 0.2) is 0 Å². The topological polar surface area (TPSA) is 66.6 Å². The van der Waals surface area contributed by atoms with Crippen LogP contribution in [0.3, 0.4) is 0 Å². The molecule has 1 aromatic rings. The monoisotopic (exact) mass is 323 g/mol. The number of nitrogens with zero attached hydrogens (tertiary/aromatic N) is 2. The van der Waals surface area contributed by atoms with Crippen LogP contribution in [0.5, 0.6) is 0 Å². The van der Waals surface area contributed by atoms with Gasteiger partial charge in [0, 0.05) is 43.0 Å². The van der Waals surface area contributed by atoms with Gasteiger partial charge in [-0.25, -0.2) is 8.42 Å². The van der Waals surface area contributed by atoms with Crippen LogP contribution in [0.4, 0.5) is 0 Å². The van der Waals surface area contributed by atoms with Crippen molar-refractivity contribution >= 4 is 33.0 Å². The predicted octanol–water partition coefficient (Wildman–Crippen LogP) is 0.979. The molecule has 0 aromatic carbocycles. The van der Waals surface area contributed by atoms with Gasteiger partial charge in [-0.1, -0.05) is 11.6 Å². The highest BCUT2D eigenvalue weighted by atomic mass is 35.5. The first-order valence-corrected chi connectivity index (χ1v) is 9.15. The third kappa shape index (κ3) is 3.68. The van der Waals surface area contributed by atoms with E-state index in [1.807, 2.05) is 11.4 Å². The molecule has 19 heavy (non-hydrogen) atoms. The lowest BCUT2D eigenvalue weighted by Gasteiger charge is -2.37. The second-order valence-corrected chi connectivity index (χ2v) is 7.98. The van der Waals surface area contributed by atoms with E-state index >= 15 is 0 Å². The van der Waals surface area contributed by atoms with Crippen LogP contribution in [0, 0.1) is 0 Å². The lowest BCUT2D eigenvalue weighted by Crippen LogP contribution is -2.50. The second kappa shape index (κ2) is 6.07. The number of nitrogens with two attached hydrogens (primary N) is 1. The smallest absolute Gasteiger partial charge is 0.211 e. The maximum absolute atomic E-state index is 11.5. The molecule has 1 aliphatic heterocycles. The first-order chi connectivity index (χ1) is 8.91. The molecule has 1 aliphatic rings. The number of rotatable bonds is 4. The van der Waals surface area contributed by atoms with Gasteiger partial charge in [-0.15, -0.1) is 11.3 Å². The molecule has 1 unspecified atom stereocenters. The Morgan fingerprint density at radius 2 is 2.05 bits per heavy atom. The summed E-state index contributed by atoms with van der Waals surface area (Å²) in [7, 11) is -3.09. The number of hydrogen-bond donors (Lipinski definition) is 1. The van der Waals surface area contributed by atoms with Crippen LogP contribution >= 0.6 is 22.9 Å². The third-order valence-corrected chi connectivity index (χ3v) is 6.01. The zero-order chi connectivity index (χ0) is 14.0. The van der Waals surface area contributed by atoms with Crippen molar-refractivity contribution in [3.05, 3.63) is 21.3 Å². The Morgan fingerprint density at radius 1 is 1.42 bits per heavy atom. The van der Waals surface area contributed by atoms with Crippen molar-refractivity contribution in [2.45, 2.75) is 6.04 Å². The Morgan fingerprint density at radius 3 is 2.47 bits per heavy atom. The number of sulfonamides is 1. The van der Waals surface area contributed by atoms with Gasteiger partial charge in [0.25, 0.3) is 0 Å². The highest BCUT2D eigenvalue weighted by Crippen LogP contribution is 2.29. The number of halogens is 1. The average Bonchev–Trinajstić information content (AvgIpc) is 2.76. The highest BCUT2D eigenvalue weighted by Gasteiger charge is 2.28. The van der Waals surface area contributed by atoms with Gasteiger partial charge in [0.2, 0.25) is 10.0 Å². The molecule has 108 valence electrons. The van der Waals surface area contributed by atoms with Crippen molar-refractivity contribution in [3.8, 4) is 0 Å². The molecule has 2 heterocycles. The van der Waals surface area contributed by atoms with Crippen LogP contribution in [-0.4, -0.2) is 56.6 Å². The average molecular weight is 324 g/mol. The van der Waals surface area contributed by atoms with E-state index in [9.17, 15) is 8.42 Å². The summed E-state index contributed by atoms with van der Waals surface area (Å²) in [6.07, 6.45) is 1.25. The fraction of sp³-hybridized carbons (Fsp3) is 0.636. The van der Waals surface area contributed by atoms with Crippen LogP contribution in [0.2, 0.25) is 5.02 Å². The first kappa shape index (κ1) is 15.2. The molecule has 1 atom stereocenters. The van der Waals surface area contributed by atoms with Gasteiger partial charge in [-0.3, -0.25) is 4.90 Å². The third-order valence-electron chi connectivity index (χ3n) is 3.32. The lowest BCUT2D eigenvalue weighted by molar-refractivity contribution is 0.142. The van der Waals surface area contributed by atoms with Crippen molar-refractivity contribution in [2.24, 2.45) is 5.73 Å². The maximum Gasteiger partial charge on any atom is 0.211 e. The van der Waals surface area contributed by atoms with E-state index in [2.05, 4.69) is 4.90 Å². The van der Waals surface area contributed by atoms with Gasteiger partial charge < -0.3 is 5.73 Å². The molecule has 1 fully saturated rings. The minimum absolute atomic E-state index is 0.124. The summed E-state index contributed by atoms with van der Waals surface area (Å²) in [6.45, 7) is 2.95. The highest BCUT2D eigenvalue weighted by molar-refractivity contribution is 7.88. The molecule has 5 nitrogen and oxygen atoms in total. The van der Waals surface area contributed by atoms with Crippen LogP contribution in [0.15, 0.2) is 11.4 Å². The molecule has 8 heteroatoms. The Balaban J connectivity index is 2.03. The number of thiophene rings is 1. The summed E-state index contributed by atoms with van der Waals surface area (Å²) in [5.74, 6) is 0. The lowest BCUT2D eigenvalue weighted by atomic mass is 10.2. The van der Waals surface area contributed by atoms with E-state index in [1.54, 1.807) is 11.3 Å². The Kier molecular flexibility index (Phi) is 4.86. The molecular weight excluding hydrogens is 306 g/mol. The molecule has 0 aliphatic carbocycles. The predicted molar refractivity (Wildman–Crippen MR) is 79.1 cm³/mol. The molecule has 0 spiro atoms.